The molecule has 0 saturated carbocycles. The van der Waals surface area contributed by atoms with Crippen LogP contribution < -0.4 is 10.1 Å². The molecule has 3 aromatic rings. The van der Waals surface area contributed by atoms with E-state index < -0.39 is 0 Å². The zero-order valence-corrected chi connectivity index (χ0v) is 16.4. The quantitative estimate of drug-likeness (QED) is 0.704. The number of rotatable bonds is 4. The smallest absolute Gasteiger partial charge is 0.186 e. The number of allylic oxidation sites excluding steroid dienone is 1. The third-order valence-corrected chi connectivity index (χ3v) is 5.77. The number of aromatic nitrogens is 4. The number of benzene rings is 1. The van der Waals surface area contributed by atoms with Crippen molar-refractivity contribution in [3.63, 3.8) is 0 Å². The maximum Gasteiger partial charge on any atom is 0.186 e. The maximum absolute atomic E-state index is 4.78. The number of anilines is 1. The Balaban J connectivity index is 1.83. The van der Waals surface area contributed by atoms with Gasteiger partial charge in [-0.15, -0.1) is 10.2 Å². The molecule has 0 fully saturated rings. The van der Waals surface area contributed by atoms with Crippen molar-refractivity contribution in [2.24, 2.45) is 0 Å². The molecule has 0 aliphatic carbocycles. The number of fused-ring (bicyclic) bond motifs is 2. The number of hydrogen-bond acceptors (Lipinski definition) is 5. The van der Waals surface area contributed by atoms with Crippen LogP contribution in [0.2, 0.25) is 0 Å². The lowest BCUT2D eigenvalue weighted by Gasteiger charge is -2.17. The van der Waals surface area contributed by atoms with E-state index in [2.05, 4.69) is 79.2 Å². The molecule has 134 valence electrons. The molecule has 2 aromatic heterocycles. The second-order valence-electron chi connectivity index (χ2n) is 6.64. The van der Waals surface area contributed by atoms with Crippen molar-refractivity contribution in [3.05, 3.63) is 52.1 Å². The molecule has 0 amide bonds. The Hall–Kier alpha value is -2.34. The van der Waals surface area contributed by atoms with Gasteiger partial charge in [0.1, 0.15) is 0 Å². The summed E-state index contributed by atoms with van der Waals surface area (Å²) in [6.07, 6.45) is 5.17. The Morgan fingerprint density at radius 2 is 1.92 bits per heavy atom. The number of para-hydroxylation sites is 1. The van der Waals surface area contributed by atoms with E-state index in [0.717, 1.165) is 35.3 Å². The molecule has 6 heteroatoms. The Morgan fingerprint density at radius 1 is 1.12 bits per heavy atom. The molecule has 0 spiro atoms. The van der Waals surface area contributed by atoms with Crippen LogP contribution in [0, 0.1) is 0 Å². The number of thioether (sulfide) groups is 1. The normalized spacial score (nSPS) is 16.4. The van der Waals surface area contributed by atoms with Crippen molar-refractivity contribution in [1.82, 2.24) is 19.8 Å². The average molecular weight is 366 g/mol. The fraction of sp³-hybridized carbons (Fsp3) is 0.350. The lowest BCUT2D eigenvalue weighted by molar-refractivity contribution is 0.756. The van der Waals surface area contributed by atoms with Gasteiger partial charge in [0.15, 0.2) is 11.5 Å². The minimum atomic E-state index is 0.335. The zero-order valence-electron chi connectivity index (χ0n) is 15.6. The first-order chi connectivity index (χ1) is 12.6. The molecule has 0 atom stereocenters. The van der Waals surface area contributed by atoms with E-state index in [4.69, 9.17) is 5.10 Å². The van der Waals surface area contributed by atoms with Crippen LogP contribution in [-0.4, -0.2) is 26.4 Å². The molecule has 1 aliphatic heterocycles. The summed E-state index contributed by atoms with van der Waals surface area (Å²) < 4.78 is 1.90. The van der Waals surface area contributed by atoms with Crippen LogP contribution in [-0.2, 0) is 6.42 Å². The van der Waals surface area contributed by atoms with Gasteiger partial charge in [0.2, 0.25) is 0 Å². The summed E-state index contributed by atoms with van der Waals surface area (Å²) in [5, 5.41) is 15.7. The van der Waals surface area contributed by atoms with Gasteiger partial charge in [-0.2, -0.15) is 9.61 Å². The lowest BCUT2D eigenvalue weighted by Crippen LogP contribution is -2.16. The summed E-state index contributed by atoms with van der Waals surface area (Å²) in [4.78, 5) is 3.65. The summed E-state index contributed by atoms with van der Waals surface area (Å²) in [5.74, 6) is 1.24. The predicted octanol–water partition coefficient (Wildman–Crippen LogP) is 3.78. The van der Waals surface area contributed by atoms with Gasteiger partial charge in [0.05, 0.1) is 16.4 Å². The van der Waals surface area contributed by atoms with E-state index in [1.54, 1.807) is 0 Å². The molecular formula is C20H23N5S. The molecule has 4 rings (SSSR count). The molecule has 26 heavy (non-hydrogen) atoms. The molecule has 0 bridgehead atoms. The van der Waals surface area contributed by atoms with Crippen molar-refractivity contribution < 1.29 is 0 Å². The van der Waals surface area contributed by atoms with E-state index in [-0.39, 0.29) is 0 Å². The third-order valence-electron chi connectivity index (χ3n) is 4.64. The number of nitrogens with zero attached hydrogens (tertiary/aromatic N) is 5. The molecule has 0 radical (unpaired) electrons. The lowest BCUT2D eigenvalue weighted by atomic mass is 10.1. The van der Waals surface area contributed by atoms with Gasteiger partial charge in [-0.1, -0.05) is 44.7 Å². The largest absolute Gasteiger partial charge is 0.335 e. The minimum absolute atomic E-state index is 0.335. The van der Waals surface area contributed by atoms with Gasteiger partial charge in [0, 0.05) is 23.1 Å². The van der Waals surface area contributed by atoms with Crippen LogP contribution >= 0.6 is 11.8 Å². The summed E-state index contributed by atoms with van der Waals surface area (Å²) in [7, 11) is 0. The molecule has 5 nitrogen and oxygen atoms in total. The summed E-state index contributed by atoms with van der Waals surface area (Å²) in [6, 6.07) is 8.55. The highest BCUT2D eigenvalue weighted by atomic mass is 32.2. The van der Waals surface area contributed by atoms with Crippen LogP contribution in [0.25, 0.3) is 11.7 Å². The van der Waals surface area contributed by atoms with Gasteiger partial charge in [-0.3, -0.25) is 0 Å². The van der Waals surface area contributed by atoms with Crippen LogP contribution in [0.15, 0.2) is 40.3 Å². The van der Waals surface area contributed by atoms with E-state index in [9.17, 15) is 0 Å². The minimum Gasteiger partial charge on any atom is -0.335 e. The Morgan fingerprint density at radius 3 is 2.65 bits per heavy atom. The highest BCUT2D eigenvalue weighted by Crippen LogP contribution is 2.45. The second kappa shape index (κ2) is 6.76. The second-order valence-corrected chi connectivity index (χ2v) is 7.71. The SMILES string of the molecule is CCc1nnc2/c(=C\C=C3/Sc4ccccc4N3CC)c(C(C)C)nn12. The standard InChI is InChI=1S/C20H23N5S/c1-5-17-21-22-20-14(19(13(3)4)23-25(17)20)11-12-18-24(6-2)15-9-7-8-10-16(15)26-18/h7-13H,5-6H2,1-4H3/b14-11-,18-12-. The molecule has 0 saturated heterocycles. The van der Waals surface area contributed by atoms with Crippen LogP contribution in [0.3, 0.4) is 0 Å². The van der Waals surface area contributed by atoms with E-state index >= 15 is 0 Å². The fourth-order valence-corrected chi connectivity index (χ4v) is 4.45. The van der Waals surface area contributed by atoms with Crippen molar-refractivity contribution in [2.75, 3.05) is 11.4 Å². The molecule has 3 heterocycles. The zero-order chi connectivity index (χ0) is 18.3. The third kappa shape index (κ3) is 2.69. The topological polar surface area (TPSA) is 46.3 Å². The monoisotopic (exact) mass is 365 g/mol. The molecule has 1 aromatic carbocycles. The van der Waals surface area contributed by atoms with Crippen molar-refractivity contribution >= 4 is 29.2 Å². The Kier molecular flexibility index (Phi) is 4.44. The highest BCUT2D eigenvalue weighted by Gasteiger charge is 2.23. The van der Waals surface area contributed by atoms with Gasteiger partial charge in [0.25, 0.3) is 0 Å². The molecule has 0 N–H and O–H groups in total. The predicted molar refractivity (Wildman–Crippen MR) is 107 cm³/mol. The summed E-state index contributed by atoms with van der Waals surface area (Å²) in [5.41, 5.74) is 3.21. The van der Waals surface area contributed by atoms with Crippen LogP contribution in [0.4, 0.5) is 5.69 Å². The maximum atomic E-state index is 4.78. The molecule has 1 aliphatic rings. The fourth-order valence-electron chi connectivity index (χ4n) is 3.33. The van der Waals surface area contributed by atoms with E-state index in [1.807, 2.05) is 16.3 Å². The highest BCUT2D eigenvalue weighted by molar-refractivity contribution is 8.03. The summed E-state index contributed by atoms with van der Waals surface area (Å²) >= 11 is 1.81. The van der Waals surface area contributed by atoms with Crippen LogP contribution in [0.5, 0.6) is 0 Å². The Labute approximate surface area is 157 Å². The number of aryl methyl sites for hydroxylation is 1. The van der Waals surface area contributed by atoms with Gasteiger partial charge in [-0.25, -0.2) is 0 Å². The number of hydrogen-bond donors (Lipinski definition) is 0. The molecule has 0 unspecified atom stereocenters. The molecular weight excluding hydrogens is 342 g/mol. The van der Waals surface area contributed by atoms with E-state index in [1.165, 1.54) is 15.6 Å². The van der Waals surface area contributed by atoms with E-state index in [0.29, 0.717) is 5.92 Å². The first-order valence-electron chi connectivity index (χ1n) is 9.14. The van der Waals surface area contributed by atoms with Gasteiger partial charge < -0.3 is 4.90 Å². The first-order valence-corrected chi connectivity index (χ1v) is 9.96. The summed E-state index contributed by atoms with van der Waals surface area (Å²) in [6.45, 7) is 9.55. The van der Waals surface area contributed by atoms with Crippen molar-refractivity contribution in [3.8, 4) is 0 Å². The van der Waals surface area contributed by atoms with Gasteiger partial charge in [-0.05, 0) is 37.1 Å². The van der Waals surface area contributed by atoms with Crippen LogP contribution in [0.1, 0.15) is 45.1 Å². The average Bonchev–Trinajstić information content (AvgIpc) is 3.30. The Bertz CT molecular complexity index is 1030. The first kappa shape index (κ1) is 17.1. The van der Waals surface area contributed by atoms with Gasteiger partial charge >= 0.3 is 0 Å². The van der Waals surface area contributed by atoms with Crippen molar-refractivity contribution in [1.29, 1.82) is 0 Å². The van der Waals surface area contributed by atoms with Crippen molar-refractivity contribution in [2.45, 2.75) is 44.9 Å².